The van der Waals surface area contributed by atoms with Gasteiger partial charge in [0.25, 0.3) is 0 Å². The van der Waals surface area contributed by atoms with Gasteiger partial charge >= 0.3 is 5.97 Å². The van der Waals surface area contributed by atoms with Crippen LogP contribution in [-0.4, -0.2) is 100 Å². The van der Waals surface area contributed by atoms with Gasteiger partial charge in [-0.15, -0.1) is 0 Å². The lowest BCUT2D eigenvalue weighted by molar-refractivity contribution is -0.302. The third-order valence-electron chi connectivity index (χ3n) is 12.5. The van der Waals surface area contributed by atoms with E-state index in [1.54, 1.807) is 6.08 Å². The molecule has 0 aromatic heterocycles. The Labute approximate surface area is 396 Å². The molecule has 0 saturated carbocycles. The summed E-state index contributed by atoms with van der Waals surface area (Å²) in [6.45, 7) is 4.19. The van der Waals surface area contributed by atoms with Gasteiger partial charge in [-0.2, -0.15) is 0 Å². The molecule has 0 aromatic carbocycles. The Morgan fingerprint density at radius 3 is 1.52 bits per heavy atom. The van der Waals surface area contributed by atoms with Crippen molar-refractivity contribution in [2.75, 3.05) is 19.8 Å². The fraction of sp³-hybridized carbons (Fsp3) is 0.852. The molecule has 0 aliphatic carbocycles. The van der Waals surface area contributed by atoms with Crippen molar-refractivity contribution in [1.29, 1.82) is 0 Å². The highest BCUT2D eigenvalue weighted by atomic mass is 16.7. The number of aliphatic hydroxyl groups excluding tert-OH is 5. The molecule has 1 amide bonds. The first-order valence-electron chi connectivity index (χ1n) is 26.8. The van der Waals surface area contributed by atoms with Crippen LogP contribution in [0, 0.1) is 0 Å². The van der Waals surface area contributed by atoms with Crippen LogP contribution in [0.25, 0.3) is 0 Å². The number of hydrogen-bond acceptors (Lipinski definition) is 10. The Bertz CT molecular complexity index is 1180. The molecule has 1 rings (SSSR count). The first-order valence-corrected chi connectivity index (χ1v) is 26.8. The number of aliphatic hydroxyl groups is 5. The second-order valence-corrected chi connectivity index (χ2v) is 18.6. The van der Waals surface area contributed by atoms with Crippen molar-refractivity contribution in [2.24, 2.45) is 0 Å². The largest absolute Gasteiger partial charge is 0.466 e. The van der Waals surface area contributed by atoms with E-state index in [0.717, 1.165) is 89.9 Å². The van der Waals surface area contributed by atoms with Crippen LogP contribution in [0.5, 0.6) is 0 Å². The van der Waals surface area contributed by atoms with Crippen molar-refractivity contribution >= 4 is 11.9 Å². The molecule has 0 bridgehead atoms. The van der Waals surface area contributed by atoms with Crippen LogP contribution >= 0.6 is 0 Å². The first-order chi connectivity index (χ1) is 31.7. The Hall–Kier alpha value is -2.12. The van der Waals surface area contributed by atoms with Crippen LogP contribution in [0.4, 0.5) is 0 Å². The lowest BCUT2D eigenvalue weighted by atomic mass is 9.99. The fourth-order valence-electron chi connectivity index (χ4n) is 8.11. The molecule has 65 heavy (non-hydrogen) atoms. The highest BCUT2D eigenvalue weighted by Crippen LogP contribution is 2.23. The van der Waals surface area contributed by atoms with Gasteiger partial charge in [-0.25, -0.2) is 0 Å². The minimum atomic E-state index is -1.58. The molecule has 11 nitrogen and oxygen atoms in total. The molecule has 7 unspecified atom stereocenters. The van der Waals surface area contributed by atoms with E-state index in [-0.39, 0.29) is 18.5 Å². The van der Waals surface area contributed by atoms with Crippen LogP contribution in [0.1, 0.15) is 232 Å². The number of nitrogens with one attached hydrogen (secondary N) is 1. The van der Waals surface area contributed by atoms with Gasteiger partial charge in [0, 0.05) is 12.8 Å². The number of unbranched alkanes of at least 4 members (excludes halogenated alkanes) is 27. The summed E-state index contributed by atoms with van der Waals surface area (Å²) in [5.41, 5.74) is 0. The number of ether oxygens (including phenoxy) is 3. The zero-order chi connectivity index (χ0) is 47.4. The number of esters is 1. The molecule has 0 aromatic rings. The molecule has 6 N–H and O–H groups in total. The van der Waals surface area contributed by atoms with E-state index in [2.05, 4.69) is 43.5 Å². The summed E-state index contributed by atoms with van der Waals surface area (Å²) >= 11 is 0. The molecular weight excluding hydrogens is 823 g/mol. The van der Waals surface area contributed by atoms with Gasteiger partial charge < -0.3 is 45.1 Å². The standard InChI is InChI=1S/C54H99NO10/c1-3-5-7-9-11-13-15-16-17-18-21-24-28-32-36-40-47(57)46(45-64-54-53(62)52(61)51(60)48(44-56)65-54)55-49(58)41-37-33-29-25-22-19-23-27-31-35-39-43-63-50(59)42-38-34-30-26-20-14-12-10-8-6-4-2/h10,12,23,27,36,40,46-48,51-54,56-57,60-62H,3-9,11,13-22,24-26,28-35,37-39,41-45H2,1-2H3,(H,55,58)/b12-10-,27-23-,40-36+. The molecule has 7 atom stereocenters. The zero-order valence-corrected chi connectivity index (χ0v) is 41.4. The topological polar surface area (TPSA) is 175 Å². The van der Waals surface area contributed by atoms with E-state index in [1.807, 2.05) is 6.08 Å². The van der Waals surface area contributed by atoms with Crippen LogP contribution in [0.15, 0.2) is 36.5 Å². The van der Waals surface area contributed by atoms with E-state index < -0.39 is 49.5 Å². The summed E-state index contributed by atoms with van der Waals surface area (Å²) in [4.78, 5) is 25.0. The molecule has 1 heterocycles. The molecule has 0 radical (unpaired) electrons. The maximum Gasteiger partial charge on any atom is 0.305 e. The van der Waals surface area contributed by atoms with E-state index in [0.29, 0.717) is 19.4 Å². The lowest BCUT2D eigenvalue weighted by Gasteiger charge is -2.40. The molecule has 11 heteroatoms. The predicted octanol–water partition coefficient (Wildman–Crippen LogP) is 11.2. The van der Waals surface area contributed by atoms with Crippen molar-refractivity contribution in [3.8, 4) is 0 Å². The summed E-state index contributed by atoms with van der Waals surface area (Å²) < 4.78 is 16.6. The van der Waals surface area contributed by atoms with Crippen LogP contribution in [0.3, 0.4) is 0 Å². The minimum Gasteiger partial charge on any atom is -0.466 e. The normalized spacial score (nSPS) is 20.0. The van der Waals surface area contributed by atoms with Crippen molar-refractivity contribution < 1.29 is 49.3 Å². The van der Waals surface area contributed by atoms with Crippen LogP contribution < -0.4 is 5.32 Å². The number of amides is 1. The van der Waals surface area contributed by atoms with Crippen molar-refractivity contribution in [1.82, 2.24) is 5.32 Å². The van der Waals surface area contributed by atoms with Gasteiger partial charge in [0.1, 0.15) is 24.4 Å². The van der Waals surface area contributed by atoms with E-state index in [9.17, 15) is 35.1 Å². The van der Waals surface area contributed by atoms with Gasteiger partial charge in [-0.05, 0) is 77.0 Å². The minimum absolute atomic E-state index is 0.0686. The third kappa shape index (κ3) is 34.8. The quantitative estimate of drug-likeness (QED) is 0.0196. The third-order valence-corrected chi connectivity index (χ3v) is 12.5. The second kappa shape index (κ2) is 44.4. The van der Waals surface area contributed by atoms with Gasteiger partial charge in [0.2, 0.25) is 5.91 Å². The lowest BCUT2D eigenvalue weighted by Crippen LogP contribution is -2.60. The second-order valence-electron chi connectivity index (χ2n) is 18.6. The number of rotatable bonds is 45. The molecular formula is C54H99NO10. The van der Waals surface area contributed by atoms with Crippen LogP contribution in [0.2, 0.25) is 0 Å². The molecule has 0 spiro atoms. The summed E-state index contributed by atoms with van der Waals surface area (Å²) in [6, 6.07) is -0.831. The Balaban J connectivity index is 2.25. The van der Waals surface area contributed by atoms with Crippen molar-refractivity contribution in [3.63, 3.8) is 0 Å². The van der Waals surface area contributed by atoms with Gasteiger partial charge in [0.15, 0.2) is 6.29 Å². The SMILES string of the molecule is CCCC/C=C\CCCCCCCC(=O)OCCCC/C=C\CCCCCCCC(=O)NC(COC1OC(CO)C(O)C(O)C1O)C(O)/C=C/CCCCCCCCCCCCCCC. The Morgan fingerprint density at radius 2 is 1.00 bits per heavy atom. The van der Waals surface area contributed by atoms with Crippen molar-refractivity contribution in [3.05, 3.63) is 36.5 Å². The summed E-state index contributed by atoms with van der Waals surface area (Å²) in [5.74, 6) is -0.280. The smallest absolute Gasteiger partial charge is 0.305 e. The van der Waals surface area contributed by atoms with E-state index in [4.69, 9.17) is 14.2 Å². The zero-order valence-electron chi connectivity index (χ0n) is 41.4. The fourth-order valence-corrected chi connectivity index (χ4v) is 8.11. The Morgan fingerprint density at radius 1 is 0.554 bits per heavy atom. The van der Waals surface area contributed by atoms with Gasteiger partial charge in [0.05, 0.1) is 32.0 Å². The number of hydrogen-bond donors (Lipinski definition) is 6. The number of carbonyl (C=O) groups excluding carboxylic acids is 2. The van der Waals surface area contributed by atoms with E-state index in [1.165, 1.54) is 116 Å². The average Bonchev–Trinajstić information content (AvgIpc) is 3.30. The van der Waals surface area contributed by atoms with Gasteiger partial charge in [-0.1, -0.05) is 179 Å². The first kappa shape index (κ1) is 60.9. The molecule has 1 fully saturated rings. The predicted molar refractivity (Wildman–Crippen MR) is 264 cm³/mol. The molecule has 1 saturated heterocycles. The molecule has 1 aliphatic rings. The monoisotopic (exact) mass is 922 g/mol. The maximum absolute atomic E-state index is 13.0. The molecule has 380 valence electrons. The summed E-state index contributed by atoms with van der Waals surface area (Å²) in [5, 5.41) is 54.3. The summed E-state index contributed by atoms with van der Waals surface area (Å²) in [7, 11) is 0. The van der Waals surface area contributed by atoms with Crippen molar-refractivity contribution in [2.45, 2.75) is 275 Å². The van der Waals surface area contributed by atoms with Crippen LogP contribution in [-0.2, 0) is 23.8 Å². The Kier molecular flexibility index (Phi) is 41.6. The number of allylic oxidation sites excluding steroid dienone is 5. The number of carbonyl (C=O) groups is 2. The van der Waals surface area contributed by atoms with E-state index >= 15 is 0 Å². The molecule has 1 aliphatic heterocycles. The van der Waals surface area contributed by atoms with Gasteiger partial charge in [-0.3, -0.25) is 9.59 Å². The highest BCUT2D eigenvalue weighted by molar-refractivity contribution is 5.76. The highest BCUT2D eigenvalue weighted by Gasteiger charge is 2.44. The maximum atomic E-state index is 13.0. The summed E-state index contributed by atoms with van der Waals surface area (Å²) in [6.07, 6.45) is 42.1. The average molecular weight is 922 g/mol.